The van der Waals surface area contributed by atoms with Crippen molar-refractivity contribution in [3.63, 3.8) is 0 Å². The summed E-state index contributed by atoms with van der Waals surface area (Å²) in [5.74, 6) is -1.08. The molecule has 0 aliphatic rings. The van der Waals surface area contributed by atoms with Gasteiger partial charge in [-0.15, -0.1) is 0 Å². The minimum Gasteiger partial charge on any atom is -0.462 e. The average Bonchev–Trinajstić information content (AvgIpc) is 3.29. The van der Waals surface area contributed by atoms with Gasteiger partial charge >= 0.3 is 17.9 Å². The summed E-state index contributed by atoms with van der Waals surface area (Å²) in [6, 6.07) is 0. The van der Waals surface area contributed by atoms with Crippen molar-refractivity contribution in [3.8, 4) is 0 Å². The summed E-state index contributed by atoms with van der Waals surface area (Å²) in [6.07, 6.45) is 70.6. The fourth-order valence-corrected chi connectivity index (χ4v) is 6.47. The van der Waals surface area contributed by atoms with Crippen LogP contribution >= 0.6 is 0 Å². The Balaban J connectivity index is 4.60. The molecule has 0 N–H and O–H groups in total. The zero-order chi connectivity index (χ0) is 46.5. The van der Waals surface area contributed by atoms with Gasteiger partial charge in [-0.25, -0.2) is 0 Å². The smallest absolute Gasteiger partial charge is 0.306 e. The monoisotopic (exact) mass is 885 g/mol. The minimum atomic E-state index is -0.841. The molecule has 0 amide bonds. The first-order valence-electron chi connectivity index (χ1n) is 25.5. The lowest BCUT2D eigenvalue weighted by Crippen LogP contribution is -2.30. The molecule has 1 atom stereocenters. The fraction of sp³-hybridized carbons (Fsp3) is 0.603. The molecule has 0 heterocycles. The number of unbranched alkanes of at least 4 members (excludes halogenated alkanes) is 13. The van der Waals surface area contributed by atoms with Gasteiger partial charge in [-0.1, -0.05) is 219 Å². The Morgan fingerprint density at radius 3 is 1.02 bits per heavy atom. The topological polar surface area (TPSA) is 78.9 Å². The van der Waals surface area contributed by atoms with Gasteiger partial charge in [0.25, 0.3) is 0 Å². The van der Waals surface area contributed by atoms with Crippen LogP contribution in [-0.4, -0.2) is 37.2 Å². The number of rotatable bonds is 44. The van der Waals surface area contributed by atoms with Gasteiger partial charge in [-0.05, 0) is 89.9 Å². The van der Waals surface area contributed by atoms with Gasteiger partial charge in [0, 0.05) is 19.3 Å². The van der Waals surface area contributed by atoms with E-state index in [2.05, 4.69) is 130 Å². The first-order chi connectivity index (χ1) is 31.5. The third-order valence-electron chi connectivity index (χ3n) is 10.2. The molecule has 6 heteroatoms. The molecule has 0 aliphatic heterocycles. The van der Waals surface area contributed by atoms with E-state index in [-0.39, 0.29) is 38.0 Å². The zero-order valence-electron chi connectivity index (χ0n) is 41.0. The molecule has 0 radical (unpaired) electrons. The van der Waals surface area contributed by atoms with Crippen molar-refractivity contribution in [2.24, 2.45) is 0 Å². The van der Waals surface area contributed by atoms with E-state index >= 15 is 0 Å². The van der Waals surface area contributed by atoms with E-state index in [1.165, 1.54) is 64.2 Å². The molecule has 0 fully saturated rings. The van der Waals surface area contributed by atoms with Crippen LogP contribution in [0.2, 0.25) is 0 Å². The molecule has 64 heavy (non-hydrogen) atoms. The summed E-state index contributed by atoms with van der Waals surface area (Å²) < 4.78 is 16.7. The van der Waals surface area contributed by atoms with Gasteiger partial charge in [0.15, 0.2) is 6.10 Å². The molecule has 0 rings (SSSR count). The highest BCUT2D eigenvalue weighted by Gasteiger charge is 2.19. The second-order valence-corrected chi connectivity index (χ2v) is 16.3. The largest absolute Gasteiger partial charge is 0.462 e. The van der Waals surface area contributed by atoms with Gasteiger partial charge in [-0.3, -0.25) is 14.4 Å². The van der Waals surface area contributed by atoms with Crippen molar-refractivity contribution in [2.75, 3.05) is 13.2 Å². The standard InChI is InChI=1S/C58H92O6/c1-4-7-10-13-16-19-22-25-27-29-31-33-36-39-42-45-48-51-57(60)63-54-55(53-62-56(59)50-47-44-41-38-35-32-24-21-18-15-12-9-6-3)64-58(61)52-49-46-43-40-37-34-30-28-26-23-20-17-14-11-8-5-2/h7-8,10-11,16-17,19-20,25-28,31,33-34,37,39,42-43,46,55H,4-6,9,12-15,18,21-24,29-30,32,35-36,38,40-41,44-45,47-54H2,1-3H3/b10-7-,11-8-,19-16-,20-17-,27-25-,28-26-,33-31-,37-34-,42-39-,46-43-. The molecule has 6 nitrogen and oxygen atoms in total. The maximum atomic E-state index is 12.8. The lowest BCUT2D eigenvalue weighted by molar-refractivity contribution is -0.166. The highest BCUT2D eigenvalue weighted by Crippen LogP contribution is 2.14. The highest BCUT2D eigenvalue weighted by molar-refractivity contribution is 5.71. The van der Waals surface area contributed by atoms with Crippen LogP contribution in [0.4, 0.5) is 0 Å². The van der Waals surface area contributed by atoms with E-state index in [9.17, 15) is 14.4 Å². The second kappa shape index (κ2) is 51.4. The maximum Gasteiger partial charge on any atom is 0.306 e. The van der Waals surface area contributed by atoms with Gasteiger partial charge in [-0.2, -0.15) is 0 Å². The van der Waals surface area contributed by atoms with Gasteiger partial charge in [0.2, 0.25) is 0 Å². The van der Waals surface area contributed by atoms with Crippen LogP contribution in [0.25, 0.3) is 0 Å². The van der Waals surface area contributed by atoms with Crippen LogP contribution in [0.3, 0.4) is 0 Å². The Labute approximate surface area is 392 Å². The predicted octanol–water partition coefficient (Wildman–Crippen LogP) is 16.9. The molecule has 0 aliphatic carbocycles. The third-order valence-corrected chi connectivity index (χ3v) is 10.2. The van der Waals surface area contributed by atoms with Gasteiger partial charge < -0.3 is 14.2 Å². The number of hydrogen-bond acceptors (Lipinski definition) is 6. The molecular weight excluding hydrogens is 793 g/mol. The number of carbonyl (C=O) groups is 3. The number of allylic oxidation sites excluding steroid dienone is 20. The second-order valence-electron chi connectivity index (χ2n) is 16.3. The molecule has 0 saturated carbocycles. The van der Waals surface area contributed by atoms with Crippen LogP contribution < -0.4 is 0 Å². The quantitative estimate of drug-likeness (QED) is 0.0262. The summed E-state index contributed by atoms with van der Waals surface area (Å²) in [7, 11) is 0. The Morgan fingerprint density at radius 2 is 0.641 bits per heavy atom. The summed E-state index contributed by atoms with van der Waals surface area (Å²) in [6.45, 7) is 6.28. The summed E-state index contributed by atoms with van der Waals surface area (Å²) >= 11 is 0. The van der Waals surface area contributed by atoms with E-state index in [0.717, 1.165) is 89.9 Å². The summed E-state index contributed by atoms with van der Waals surface area (Å²) in [5.41, 5.74) is 0. The van der Waals surface area contributed by atoms with Crippen LogP contribution in [0, 0.1) is 0 Å². The molecule has 0 aromatic carbocycles. The lowest BCUT2D eigenvalue weighted by atomic mass is 10.0. The Hall–Kier alpha value is -4.19. The van der Waals surface area contributed by atoms with Crippen LogP contribution in [0.1, 0.15) is 207 Å². The van der Waals surface area contributed by atoms with Crippen molar-refractivity contribution >= 4 is 17.9 Å². The van der Waals surface area contributed by atoms with E-state index in [4.69, 9.17) is 14.2 Å². The van der Waals surface area contributed by atoms with Crippen molar-refractivity contribution in [1.29, 1.82) is 0 Å². The Morgan fingerprint density at radius 1 is 0.328 bits per heavy atom. The maximum absolute atomic E-state index is 12.8. The molecule has 0 bridgehead atoms. The lowest BCUT2D eigenvalue weighted by Gasteiger charge is -2.18. The van der Waals surface area contributed by atoms with Gasteiger partial charge in [0.1, 0.15) is 13.2 Å². The molecule has 0 saturated heterocycles. The van der Waals surface area contributed by atoms with Crippen molar-refractivity contribution in [2.45, 2.75) is 213 Å². The molecule has 1 unspecified atom stereocenters. The Bertz CT molecular complexity index is 1390. The summed E-state index contributed by atoms with van der Waals surface area (Å²) in [4.78, 5) is 37.9. The van der Waals surface area contributed by atoms with Crippen molar-refractivity contribution < 1.29 is 28.6 Å². The number of esters is 3. The van der Waals surface area contributed by atoms with Gasteiger partial charge in [0.05, 0.1) is 0 Å². The highest BCUT2D eigenvalue weighted by atomic mass is 16.6. The Kier molecular flexibility index (Phi) is 48.1. The SMILES string of the molecule is CC/C=C\C/C=C\C/C=C\C/C=C\C/C=C\CCCC(=O)OCC(COC(=O)CCCCCCCCCCCCCCC)OC(=O)CC/C=C\C/C=C\C/C=C\C/C=C\C/C=C\CC. The summed E-state index contributed by atoms with van der Waals surface area (Å²) in [5, 5.41) is 0. The van der Waals surface area contributed by atoms with Crippen molar-refractivity contribution in [1.82, 2.24) is 0 Å². The normalized spacial score (nSPS) is 13.1. The molecule has 0 spiro atoms. The molecule has 0 aromatic heterocycles. The third kappa shape index (κ3) is 48.8. The number of hydrogen-bond donors (Lipinski definition) is 0. The van der Waals surface area contributed by atoms with E-state index in [0.29, 0.717) is 19.3 Å². The number of ether oxygens (including phenoxy) is 3. The van der Waals surface area contributed by atoms with E-state index in [1.807, 2.05) is 12.2 Å². The first kappa shape index (κ1) is 59.8. The van der Waals surface area contributed by atoms with Crippen LogP contribution in [0.5, 0.6) is 0 Å². The molecule has 360 valence electrons. The van der Waals surface area contributed by atoms with E-state index in [1.54, 1.807) is 0 Å². The zero-order valence-corrected chi connectivity index (χ0v) is 41.0. The number of carbonyl (C=O) groups excluding carboxylic acids is 3. The molecule has 0 aromatic rings. The molecular formula is C58H92O6. The minimum absolute atomic E-state index is 0.127. The van der Waals surface area contributed by atoms with Crippen molar-refractivity contribution in [3.05, 3.63) is 122 Å². The van der Waals surface area contributed by atoms with Crippen LogP contribution in [-0.2, 0) is 28.6 Å². The van der Waals surface area contributed by atoms with E-state index < -0.39 is 12.1 Å². The average molecular weight is 885 g/mol. The predicted molar refractivity (Wildman–Crippen MR) is 274 cm³/mol. The first-order valence-corrected chi connectivity index (χ1v) is 25.5. The van der Waals surface area contributed by atoms with Crippen LogP contribution in [0.15, 0.2) is 122 Å². The fourth-order valence-electron chi connectivity index (χ4n) is 6.47.